The fourth-order valence-electron chi connectivity index (χ4n) is 1.73. The van der Waals surface area contributed by atoms with E-state index < -0.39 is 38.1 Å². The van der Waals surface area contributed by atoms with Crippen molar-refractivity contribution in [2.45, 2.75) is 57.8 Å². The first-order valence-electron chi connectivity index (χ1n) is 7.64. The Morgan fingerprint density at radius 1 is 1.08 bits per heavy atom. The van der Waals surface area contributed by atoms with Crippen LogP contribution in [0.4, 0.5) is 0 Å². The predicted octanol–water partition coefficient (Wildman–Crippen LogP) is 2.21. The number of ether oxygens (including phenoxy) is 2. The molecule has 0 radical (unpaired) electrons. The molecule has 0 aliphatic heterocycles. The van der Waals surface area contributed by atoms with Crippen LogP contribution in [0.2, 0.25) is 18.1 Å². The van der Waals surface area contributed by atoms with Crippen LogP contribution < -0.4 is 0 Å². The first-order chi connectivity index (χ1) is 10.9. The Labute approximate surface area is 144 Å². The zero-order valence-electron chi connectivity index (χ0n) is 15.5. The quantitative estimate of drug-likeness (QED) is 0.373. The van der Waals surface area contributed by atoms with Gasteiger partial charge in [-0.2, -0.15) is 5.26 Å². The van der Waals surface area contributed by atoms with E-state index in [1.807, 2.05) is 33.9 Å². The molecule has 0 amide bonds. The molecule has 8 heteroatoms. The van der Waals surface area contributed by atoms with Crippen molar-refractivity contribution in [3.8, 4) is 6.07 Å². The first kappa shape index (κ1) is 22.3. The molecule has 136 valence electrons. The highest BCUT2D eigenvalue weighted by Gasteiger charge is 2.41. The zero-order valence-corrected chi connectivity index (χ0v) is 16.5. The Morgan fingerprint density at radius 2 is 1.62 bits per heavy atom. The number of carbonyl (C=O) groups is 3. The molecule has 0 bridgehead atoms. The van der Waals surface area contributed by atoms with Crippen LogP contribution in [0.3, 0.4) is 0 Å². The fraction of sp³-hybridized carbons (Fsp3) is 0.750. The van der Waals surface area contributed by atoms with Gasteiger partial charge in [-0.15, -0.1) is 0 Å². The van der Waals surface area contributed by atoms with Gasteiger partial charge in [0.25, 0.3) is 0 Å². The maximum atomic E-state index is 12.3. The lowest BCUT2D eigenvalue weighted by molar-refractivity contribution is -0.147. The Hall–Kier alpha value is -1.72. The largest absolute Gasteiger partial charge is 0.469 e. The molecule has 0 fully saturated rings. The number of Topliss-reactive ketones (excluding diaryl/α,β-unsaturated/α-hetero) is 1. The zero-order chi connectivity index (χ0) is 19.1. The molecule has 0 N–H and O–H groups in total. The second kappa shape index (κ2) is 8.94. The van der Waals surface area contributed by atoms with Crippen molar-refractivity contribution in [3.63, 3.8) is 0 Å². The Balaban J connectivity index is 5.30. The van der Waals surface area contributed by atoms with Gasteiger partial charge in [0.2, 0.25) is 5.92 Å². The summed E-state index contributed by atoms with van der Waals surface area (Å²) in [5, 5.41) is 8.88. The fourth-order valence-corrected chi connectivity index (χ4v) is 3.09. The van der Waals surface area contributed by atoms with Gasteiger partial charge in [0.05, 0.1) is 32.8 Å². The number of carbonyl (C=O) groups excluding carboxylic acids is 3. The van der Waals surface area contributed by atoms with Gasteiger partial charge in [-0.25, -0.2) is 0 Å². The molecule has 7 nitrogen and oxygen atoms in total. The van der Waals surface area contributed by atoms with Crippen LogP contribution in [-0.2, 0) is 28.3 Å². The highest BCUT2D eigenvalue weighted by molar-refractivity contribution is 6.74. The first-order valence-corrected chi connectivity index (χ1v) is 10.5. The summed E-state index contributed by atoms with van der Waals surface area (Å²) >= 11 is 0. The van der Waals surface area contributed by atoms with Crippen LogP contribution in [0, 0.1) is 17.2 Å². The van der Waals surface area contributed by atoms with E-state index >= 15 is 0 Å². The minimum Gasteiger partial charge on any atom is -0.469 e. The predicted molar refractivity (Wildman–Crippen MR) is 89.4 cm³/mol. The summed E-state index contributed by atoms with van der Waals surface area (Å²) in [6.07, 6.45) is -1.09. The van der Waals surface area contributed by atoms with Crippen molar-refractivity contribution >= 4 is 26.0 Å². The summed E-state index contributed by atoms with van der Waals surface area (Å²) in [7, 11) is 0.105. The number of nitriles is 1. The molecule has 2 atom stereocenters. The van der Waals surface area contributed by atoms with Gasteiger partial charge in [-0.05, 0) is 18.1 Å². The number of methoxy groups -OCH3 is 2. The average molecular weight is 357 g/mol. The van der Waals surface area contributed by atoms with Gasteiger partial charge in [0, 0.05) is 6.42 Å². The number of rotatable bonds is 8. The molecule has 0 saturated carbocycles. The summed E-state index contributed by atoms with van der Waals surface area (Å²) in [4.78, 5) is 35.4. The lowest BCUT2D eigenvalue weighted by Crippen LogP contribution is -2.45. The summed E-state index contributed by atoms with van der Waals surface area (Å²) in [5.41, 5.74) is 0. The van der Waals surface area contributed by atoms with Gasteiger partial charge in [-0.1, -0.05) is 20.8 Å². The van der Waals surface area contributed by atoms with Crippen molar-refractivity contribution in [3.05, 3.63) is 0 Å². The van der Waals surface area contributed by atoms with Gasteiger partial charge >= 0.3 is 11.9 Å². The van der Waals surface area contributed by atoms with Gasteiger partial charge < -0.3 is 13.9 Å². The van der Waals surface area contributed by atoms with E-state index in [0.717, 1.165) is 7.11 Å². The third-order valence-electron chi connectivity index (χ3n) is 4.21. The van der Waals surface area contributed by atoms with Gasteiger partial charge in [0.15, 0.2) is 14.1 Å². The molecule has 0 heterocycles. The average Bonchev–Trinajstić information content (AvgIpc) is 2.45. The van der Waals surface area contributed by atoms with E-state index in [2.05, 4.69) is 9.47 Å². The molecule has 0 aromatic heterocycles. The lowest BCUT2D eigenvalue weighted by Gasteiger charge is -2.39. The molecular weight excluding hydrogens is 330 g/mol. The van der Waals surface area contributed by atoms with Crippen LogP contribution in [-0.4, -0.2) is 46.4 Å². The Kier molecular flexibility index (Phi) is 8.30. The van der Waals surface area contributed by atoms with Crippen LogP contribution >= 0.6 is 0 Å². The van der Waals surface area contributed by atoms with Crippen molar-refractivity contribution in [1.29, 1.82) is 5.26 Å². The van der Waals surface area contributed by atoms with Crippen LogP contribution in [0.25, 0.3) is 0 Å². The Bertz CT molecular complexity index is 518. The second-order valence-electron chi connectivity index (χ2n) is 7.04. The highest BCUT2D eigenvalue weighted by atomic mass is 28.4. The standard InChI is InChI=1S/C16H27NO6Si/c1-16(2,3)24(6,7)23-11(9-14(19)21-4)8-13(18)12(10-17)15(20)22-5/h11-12H,8-9H2,1-7H3. The van der Waals surface area contributed by atoms with E-state index in [-0.39, 0.29) is 17.9 Å². The third kappa shape index (κ3) is 6.41. The molecule has 24 heavy (non-hydrogen) atoms. The topological polar surface area (TPSA) is 103 Å². The maximum absolute atomic E-state index is 12.3. The molecule has 0 aliphatic carbocycles. The van der Waals surface area contributed by atoms with Crippen molar-refractivity contribution in [2.75, 3.05) is 14.2 Å². The van der Waals surface area contributed by atoms with Gasteiger partial charge in [-0.3, -0.25) is 14.4 Å². The molecule has 0 aliphatic rings. The van der Waals surface area contributed by atoms with E-state index in [1.54, 1.807) is 6.07 Å². The van der Waals surface area contributed by atoms with Crippen LogP contribution in [0.5, 0.6) is 0 Å². The number of hydrogen-bond donors (Lipinski definition) is 0. The number of nitrogens with zero attached hydrogens (tertiary/aromatic N) is 1. The summed E-state index contributed by atoms with van der Waals surface area (Å²) < 4.78 is 15.2. The summed E-state index contributed by atoms with van der Waals surface area (Å²) in [6, 6.07) is 1.63. The molecule has 0 spiro atoms. The lowest BCUT2D eigenvalue weighted by atomic mass is 9.99. The molecule has 0 aromatic carbocycles. The molecular formula is C16H27NO6Si. The van der Waals surface area contributed by atoms with Crippen LogP contribution in [0.1, 0.15) is 33.6 Å². The minimum absolute atomic E-state index is 0.117. The van der Waals surface area contributed by atoms with Gasteiger partial charge in [0.1, 0.15) is 0 Å². The van der Waals surface area contributed by atoms with E-state index in [4.69, 9.17) is 9.69 Å². The summed E-state index contributed by atoms with van der Waals surface area (Å²) in [5.74, 6) is -3.57. The smallest absolute Gasteiger partial charge is 0.330 e. The number of esters is 2. The van der Waals surface area contributed by atoms with E-state index in [9.17, 15) is 14.4 Å². The maximum Gasteiger partial charge on any atom is 0.330 e. The van der Waals surface area contributed by atoms with Crippen molar-refractivity contribution in [1.82, 2.24) is 0 Å². The SMILES string of the molecule is COC(=O)CC(CC(=O)C(C#N)C(=O)OC)O[Si](C)(C)C(C)(C)C. The molecule has 0 rings (SSSR count). The molecule has 0 saturated heterocycles. The monoisotopic (exact) mass is 357 g/mol. The molecule has 0 aromatic rings. The normalized spacial score (nSPS) is 14.2. The van der Waals surface area contributed by atoms with E-state index in [1.165, 1.54) is 7.11 Å². The third-order valence-corrected chi connectivity index (χ3v) is 8.74. The van der Waals surface area contributed by atoms with Crippen molar-refractivity contribution < 1.29 is 28.3 Å². The molecule has 2 unspecified atom stereocenters. The van der Waals surface area contributed by atoms with Crippen molar-refractivity contribution in [2.24, 2.45) is 5.92 Å². The Morgan fingerprint density at radius 3 is 2.00 bits per heavy atom. The summed E-state index contributed by atoms with van der Waals surface area (Å²) in [6.45, 7) is 10.1. The number of ketones is 1. The highest BCUT2D eigenvalue weighted by Crippen LogP contribution is 2.38. The number of hydrogen-bond acceptors (Lipinski definition) is 7. The van der Waals surface area contributed by atoms with E-state index in [0.29, 0.717) is 0 Å². The second-order valence-corrected chi connectivity index (χ2v) is 11.8. The minimum atomic E-state index is -2.25. The van der Waals surface area contributed by atoms with Crippen LogP contribution in [0.15, 0.2) is 0 Å².